The van der Waals surface area contributed by atoms with Crippen LogP contribution in [0.3, 0.4) is 0 Å². The summed E-state index contributed by atoms with van der Waals surface area (Å²) in [5.74, 6) is 1.58. The first-order valence-electron chi connectivity index (χ1n) is 4.78. The zero-order chi connectivity index (χ0) is 8.69. The van der Waals surface area contributed by atoms with Gasteiger partial charge in [0.05, 0.1) is 0 Å². The van der Waals surface area contributed by atoms with Gasteiger partial charge in [0.1, 0.15) is 0 Å². The molecule has 0 saturated heterocycles. The summed E-state index contributed by atoms with van der Waals surface area (Å²) in [5.41, 5.74) is 0. The molecule has 0 aliphatic carbocycles. The standard InChI is InChI=1S/C10H22O/c1-5-10(7-9(3)4)8-11-6-2/h9-10H,5-8H2,1-4H3. The van der Waals surface area contributed by atoms with Gasteiger partial charge in [-0.3, -0.25) is 0 Å². The van der Waals surface area contributed by atoms with E-state index in [9.17, 15) is 0 Å². The zero-order valence-electron chi connectivity index (χ0n) is 8.39. The van der Waals surface area contributed by atoms with Crippen LogP contribution < -0.4 is 0 Å². The quantitative estimate of drug-likeness (QED) is 0.577. The fourth-order valence-corrected chi connectivity index (χ4v) is 1.30. The zero-order valence-corrected chi connectivity index (χ0v) is 8.39. The highest BCUT2D eigenvalue weighted by Gasteiger charge is 2.07. The first-order chi connectivity index (χ1) is 5.20. The molecule has 0 spiro atoms. The minimum absolute atomic E-state index is 0.773. The molecule has 0 aliphatic heterocycles. The van der Waals surface area contributed by atoms with Gasteiger partial charge in [-0.25, -0.2) is 0 Å². The minimum atomic E-state index is 0.773. The number of rotatable bonds is 6. The molecule has 68 valence electrons. The van der Waals surface area contributed by atoms with Gasteiger partial charge in [0, 0.05) is 13.2 Å². The molecule has 1 unspecified atom stereocenters. The van der Waals surface area contributed by atoms with Crippen LogP contribution in [0, 0.1) is 11.8 Å². The van der Waals surface area contributed by atoms with E-state index in [2.05, 4.69) is 27.7 Å². The molecule has 1 nitrogen and oxygen atoms in total. The summed E-state index contributed by atoms with van der Waals surface area (Å²) < 4.78 is 5.39. The van der Waals surface area contributed by atoms with Crippen molar-refractivity contribution in [2.75, 3.05) is 13.2 Å². The van der Waals surface area contributed by atoms with Crippen molar-refractivity contribution in [3.63, 3.8) is 0 Å². The molecule has 0 aromatic carbocycles. The Morgan fingerprint density at radius 3 is 2.18 bits per heavy atom. The van der Waals surface area contributed by atoms with Gasteiger partial charge < -0.3 is 4.74 Å². The largest absolute Gasteiger partial charge is 0.381 e. The molecule has 0 bridgehead atoms. The van der Waals surface area contributed by atoms with Crippen molar-refractivity contribution >= 4 is 0 Å². The molecule has 1 heteroatoms. The summed E-state index contributed by atoms with van der Waals surface area (Å²) in [6, 6.07) is 0. The average molecular weight is 158 g/mol. The van der Waals surface area contributed by atoms with Crippen LogP contribution in [0.4, 0.5) is 0 Å². The Kier molecular flexibility index (Phi) is 6.63. The number of ether oxygens (including phenoxy) is 1. The van der Waals surface area contributed by atoms with Crippen LogP contribution in [0.2, 0.25) is 0 Å². The molecule has 0 rings (SSSR count). The van der Waals surface area contributed by atoms with Crippen LogP contribution in [0.15, 0.2) is 0 Å². The first kappa shape index (κ1) is 11.0. The molecule has 0 aromatic rings. The lowest BCUT2D eigenvalue weighted by Crippen LogP contribution is -2.11. The Balaban J connectivity index is 3.41. The van der Waals surface area contributed by atoms with E-state index < -0.39 is 0 Å². The Bertz CT molecular complexity index is 78.9. The van der Waals surface area contributed by atoms with E-state index >= 15 is 0 Å². The summed E-state index contributed by atoms with van der Waals surface area (Å²) in [4.78, 5) is 0. The van der Waals surface area contributed by atoms with E-state index in [0.29, 0.717) is 0 Å². The van der Waals surface area contributed by atoms with Crippen molar-refractivity contribution in [1.82, 2.24) is 0 Å². The third-order valence-corrected chi connectivity index (χ3v) is 1.94. The molecular formula is C10H22O. The predicted molar refractivity (Wildman–Crippen MR) is 49.7 cm³/mol. The highest BCUT2D eigenvalue weighted by atomic mass is 16.5. The Morgan fingerprint density at radius 1 is 1.18 bits per heavy atom. The lowest BCUT2D eigenvalue weighted by molar-refractivity contribution is 0.100. The first-order valence-corrected chi connectivity index (χ1v) is 4.78. The number of hydrogen-bond donors (Lipinski definition) is 0. The summed E-state index contributed by atoms with van der Waals surface area (Å²) in [5, 5.41) is 0. The van der Waals surface area contributed by atoms with Gasteiger partial charge in [0.2, 0.25) is 0 Å². The maximum atomic E-state index is 5.39. The van der Waals surface area contributed by atoms with Gasteiger partial charge in [-0.05, 0) is 25.2 Å². The smallest absolute Gasteiger partial charge is 0.0494 e. The topological polar surface area (TPSA) is 9.23 Å². The van der Waals surface area contributed by atoms with Gasteiger partial charge in [0.25, 0.3) is 0 Å². The molecule has 11 heavy (non-hydrogen) atoms. The summed E-state index contributed by atoms with van der Waals surface area (Å²) in [6.07, 6.45) is 2.55. The lowest BCUT2D eigenvalue weighted by Gasteiger charge is -2.16. The summed E-state index contributed by atoms with van der Waals surface area (Å²) >= 11 is 0. The maximum Gasteiger partial charge on any atom is 0.0494 e. The van der Waals surface area contributed by atoms with Gasteiger partial charge in [-0.15, -0.1) is 0 Å². The molecule has 0 amide bonds. The highest BCUT2D eigenvalue weighted by molar-refractivity contribution is 4.58. The maximum absolute atomic E-state index is 5.39. The van der Waals surface area contributed by atoms with Crippen LogP contribution >= 0.6 is 0 Å². The van der Waals surface area contributed by atoms with Gasteiger partial charge in [-0.1, -0.05) is 27.2 Å². The van der Waals surface area contributed by atoms with Crippen LogP contribution in [0.25, 0.3) is 0 Å². The Labute approximate surface area is 71.1 Å². The van der Waals surface area contributed by atoms with Crippen LogP contribution in [-0.4, -0.2) is 13.2 Å². The second-order valence-corrected chi connectivity index (χ2v) is 3.56. The van der Waals surface area contributed by atoms with E-state index in [1.54, 1.807) is 0 Å². The molecule has 0 saturated carbocycles. The van der Waals surface area contributed by atoms with Crippen LogP contribution in [0.1, 0.15) is 40.5 Å². The summed E-state index contributed by atoms with van der Waals surface area (Å²) in [7, 11) is 0. The molecule has 0 aliphatic rings. The van der Waals surface area contributed by atoms with E-state index in [1.807, 2.05) is 0 Å². The summed E-state index contributed by atoms with van der Waals surface area (Å²) in [6.45, 7) is 10.6. The number of hydrogen-bond acceptors (Lipinski definition) is 1. The van der Waals surface area contributed by atoms with Crippen molar-refractivity contribution in [1.29, 1.82) is 0 Å². The highest BCUT2D eigenvalue weighted by Crippen LogP contribution is 2.14. The van der Waals surface area contributed by atoms with Crippen molar-refractivity contribution in [3.8, 4) is 0 Å². The Morgan fingerprint density at radius 2 is 1.82 bits per heavy atom. The molecule has 0 heterocycles. The molecule has 0 radical (unpaired) electrons. The van der Waals surface area contributed by atoms with Crippen LogP contribution in [-0.2, 0) is 4.74 Å². The average Bonchev–Trinajstić information content (AvgIpc) is 1.97. The van der Waals surface area contributed by atoms with Crippen molar-refractivity contribution in [2.45, 2.75) is 40.5 Å². The molecular weight excluding hydrogens is 136 g/mol. The van der Waals surface area contributed by atoms with E-state index in [-0.39, 0.29) is 0 Å². The molecule has 0 aromatic heterocycles. The molecule has 1 atom stereocenters. The van der Waals surface area contributed by atoms with Gasteiger partial charge in [-0.2, -0.15) is 0 Å². The van der Waals surface area contributed by atoms with Gasteiger partial charge in [0.15, 0.2) is 0 Å². The van der Waals surface area contributed by atoms with E-state index in [0.717, 1.165) is 25.0 Å². The third-order valence-electron chi connectivity index (χ3n) is 1.94. The SMILES string of the molecule is CCOCC(CC)CC(C)C. The molecule has 0 N–H and O–H groups in total. The van der Waals surface area contributed by atoms with Crippen molar-refractivity contribution in [2.24, 2.45) is 11.8 Å². The van der Waals surface area contributed by atoms with Crippen LogP contribution in [0.5, 0.6) is 0 Å². The van der Waals surface area contributed by atoms with E-state index in [4.69, 9.17) is 4.74 Å². The predicted octanol–water partition coefficient (Wildman–Crippen LogP) is 3.10. The van der Waals surface area contributed by atoms with E-state index in [1.165, 1.54) is 12.8 Å². The Hall–Kier alpha value is -0.0400. The third kappa shape index (κ3) is 6.36. The van der Waals surface area contributed by atoms with Crippen molar-refractivity contribution in [3.05, 3.63) is 0 Å². The fraction of sp³-hybridized carbons (Fsp3) is 1.00. The lowest BCUT2D eigenvalue weighted by atomic mass is 9.96. The van der Waals surface area contributed by atoms with Gasteiger partial charge >= 0.3 is 0 Å². The monoisotopic (exact) mass is 158 g/mol. The minimum Gasteiger partial charge on any atom is -0.381 e. The normalized spacial score (nSPS) is 13.9. The second-order valence-electron chi connectivity index (χ2n) is 3.56. The second kappa shape index (κ2) is 6.66. The van der Waals surface area contributed by atoms with Crippen molar-refractivity contribution < 1.29 is 4.74 Å². The fourth-order valence-electron chi connectivity index (χ4n) is 1.30. The molecule has 0 fully saturated rings.